The Morgan fingerprint density at radius 2 is 2.25 bits per heavy atom. The quantitative estimate of drug-likeness (QED) is 0.719. The summed E-state index contributed by atoms with van der Waals surface area (Å²) in [6, 6.07) is 0. The van der Waals surface area contributed by atoms with Crippen LogP contribution in [-0.4, -0.2) is 15.2 Å². The molecule has 0 radical (unpaired) electrons. The van der Waals surface area contributed by atoms with Gasteiger partial charge < -0.3 is 0 Å². The first-order valence-electron chi connectivity index (χ1n) is 6.45. The fourth-order valence-electron chi connectivity index (χ4n) is 2.57. The van der Waals surface area contributed by atoms with Crippen LogP contribution in [0.15, 0.2) is 12.4 Å². The Bertz CT molecular complexity index is 315. The molecule has 1 aliphatic carbocycles. The number of aryl methyl sites for hydroxylation is 2. The molecular weight excluding hydrogens is 220 g/mol. The first kappa shape index (κ1) is 12.0. The monoisotopic (exact) mass is 240 g/mol. The lowest BCUT2D eigenvalue weighted by Gasteiger charge is -2.15. The van der Waals surface area contributed by atoms with Gasteiger partial charge in [-0.2, -0.15) is 5.10 Å². The third-order valence-corrected chi connectivity index (χ3v) is 4.21. The number of hydrogen-bond donors (Lipinski definition) is 0. The van der Waals surface area contributed by atoms with Gasteiger partial charge in [-0.05, 0) is 44.1 Å². The van der Waals surface area contributed by atoms with Gasteiger partial charge in [0.25, 0.3) is 0 Å². The maximum Gasteiger partial charge on any atom is 0.0521 e. The van der Waals surface area contributed by atoms with E-state index in [1.807, 2.05) is 10.9 Å². The van der Waals surface area contributed by atoms with Crippen molar-refractivity contribution in [3.63, 3.8) is 0 Å². The van der Waals surface area contributed by atoms with Crippen LogP contribution in [0.25, 0.3) is 0 Å². The Hall–Kier alpha value is -0.500. The third-order valence-electron chi connectivity index (χ3n) is 3.63. The summed E-state index contributed by atoms with van der Waals surface area (Å²) in [7, 11) is 0. The molecule has 16 heavy (non-hydrogen) atoms. The van der Waals surface area contributed by atoms with E-state index in [4.69, 9.17) is 11.6 Å². The molecule has 0 spiro atoms. The van der Waals surface area contributed by atoms with Crippen molar-refractivity contribution >= 4 is 11.6 Å². The Kier molecular flexibility index (Phi) is 4.28. The van der Waals surface area contributed by atoms with Crippen LogP contribution < -0.4 is 0 Å². The summed E-state index contributed by atoms with van der Waals surface area (Å²) in [5.74, 6) is 0.767. The van der Waals surface area contributed by atoms with Gasteiger partial charge in [0, 0.05) is 18.1 Å². The minimum Gasteiger partial charge on any atom is -0.273 e. The molecule has 1 unspecified atom stereocenters. The highest BCUT2D eigenvalue weighted by Gasteiger charge is 2.22. The van der Waals surface area contributed by atoms with Gasteiger partial charge in [0.05, 0.1) is 6.20 Å². The van der Waals surface area contributed by atoms with E-state index in [1.54, 1.807) is 0 Å². The minimum absolute atomic E-state index is 0.368. The zero-order valence-electron chi connectivity index (χ0n) is 10.0. The second kappa shape index (κ2) is 5.72. The number of halogens is 1. The van der Waals surface area contributed by atoms with Gasteiger partial charge in [-0.3, -0.25) is 4.68 Å². The first-order valence-corrected chi connectivity index (χ1v) is 6.88. The summed E-state index contributed by atoms with van der Waals surface area (Å²) >= 11 is 6.45. The second-order valence-electron chi connectivity index (χ2n) is 4.80. The van der Waals surface area contributed by atoms with Crippen molar-refractivity contribution in [2.45, 2.75) is 57.4 Å². The van der Waals surface area contributed by atoms with E-state index >= 15 is 0 Å². The van der Waals surface area contributed by atoms with Crippen LogP contribution in [0, 0.1) is 5.92 Å². The van der Waals surface area contributed by atoms with E-state index in [-0.39, 0.29) is 0 Å². The van der Waals surface area contributed by atoms with Gasteiger partial charge in [-0.15, -0.1) is 11.6 Å². The lowest BCUT2D eigenvalue weighted by Crippen LogP contribution is -2.12. The summed E-state index contributed by atoms with van der Waals surface area (Å²) < 4.78 is 1.98. The SMILES string of the molecule is CCn1cc(CCC(Cl)C2CCCC2)cn1. The molecule has 1 aromatic rings. The highest BCUT2D eigenvalue weighted by molar-refractivity contribution is 6.20. The van der Waals surface area contributed by atoms with Crippen LogP contribution in [0.3, 0.4) is 0 Å². The average Bonchev–Trinajstić information content (AvgIpc) is 2.96. The van der Waals surface area contributed by atoms with Crippen LogP contribution >= 0.6 is 11.6 Å². The molecule has 1 fully saturated rings. The van der Waals surface area contributed by atoms with Crippen molar-refractivity contribution in [3.8, 4) is 0 Å². The van der Waals surface area contributed by atoms with E-state index in [0.717, 1.165) is 25.3 Å². The van der Waals surface area contributed by atoms with Gasteiger partial charge in [-0.25, -0.2) is 0 Å². The fourth-order valence-corrected chi connectivity index (χ4v) is 2.93. The third kappa shape index (κ3) is 3.00. The highest BCUT2D eigenvalue weighted by Crippen LogP contribution is 2.32. The zero-order valence-corrected chi connectivity index (χ0v) is 10.8. The molecule has 1 saturated carbocycles. The van der Waals surface area contributed by atoms with Crippen molar-refractivity contribution in [2.75, 3.05) is 0 Å². The summed E-state index contributed by atoms with van der Waals surface area (Å²) in [5.41, 5.74) is 1.32. The van der Waals surface area contributed by atoms with Gasteiger partial charge in [-0.1, -0.05) is 12.8 Å². The average molecular weight is 241 g/mol. The topological polar surface area (TPSA) is 17.8 Å². The summed E-state index contributed by atoms with van der Waals surface area (Å²) in [5, 5.41) is 4.65. The molecule has 2 nitrogen and oxygen atoms in total. The largest absolute Gasteiger partial charge is 0.273 e. The van der Waals surface area contributed by atoms with Crippen molar-refractivity contribution in [1.82, 2.24) is 9.78 Å². The van der Waals surface area contributed by atoms with Gasteiger partial charge in [0.1, 0.15) is 0 Å². The lowest BCUT2D eigenvalue weighted by molar-refractivity contribution is 0.492. The van der Waals surface area contributed by atoms with Crippen LogP contribution in [0.1, 0.15) is 44.6 Å². The van der Waals surface area contributed by atoms with Crippen molar-refractivity contribution < 1.29 is 0 Å². The molecule has 1 heterocycles. The fraction of sp³-hybridized carbons (Fsp3) is 0.769. The summed E-state index contributed by atoms with van der Waals surface area (Å²) in [6.45, 7) is 3.06. The number of aromatic nitrogens is 2. The molecule has 3 heteroatoms. The van der Waals surface area contributed by atoms with Crippen LogP contribution in [0.2, 0.25) is 0 Å². The second-order valence-corrected chi connectivity index (χ2v) is 5.36. The van der Waals surface area contributed by atoms with Crippen molar-refractivity contribution in [2.24, 2.45) is 5.92 Å². The smallest absolute Gasteiger partial charge is 0.0521 e. The maximum atomic E-state index is 6.45. The first-order chi connectivity index (χ1) is 7.79. The Morgan fingerprint density at radius 3 is 2.88 bits per heavy atom. The highest BCUT2D eigenvalue weighted by atomic mass is 35.5. The number of nitrogens with zero attached hydrogens (tertiary/aromatic N) is 2. The minimum atomic E-state index is 0.368. The van der Waals surface area contributed by atoms with Crippen molar-refractivity contribution in [1.29, 1.82) is 0 Å². The molecule has 1 atom stereocenters. The van der Waals surface area contributed by atoms with Gasteiger partial charge in [0.15, 0.2) is 0 Å². The molecule has 0 aliphatic heterocycles. The van der Waals surface area contributed by atoms with E-state index < -0.39 is 0 Å². The molecule has 0 aromatic carbocycles. The van der Waals surface area contributed by atoms with Crippen LogP contribution in [0.4, 0.5) is 0 Å². The Morgan fingerprint density at radius 1 is 1.50 bits per heavy atom. The van der Waals surface area contributed by atoms with E-state index in [0.29, 0.717) is 5.38 Å². The summed E-state index contributed by atoms with van der Waals surface area (Å²) in [4.78, 5) is 0. The molecule has 90 valence electrons. The molecule has 2 rings (SSSR count). The van der Waals surface area contributed by atoms with Gasteiger partial charge in [0.2, 0.25) is 0 Å². The van der Waals surface area contributed by atoms with Gasteiger partial charge >= 0.3 is 0 Å². The summed E-state index contributed by atoms with van der Waals surface area (Å²) in [6.07, 6.45) is 11.7. The lowest BCUT2D eigenvalue weighted by atomic mass is 9.99. The standard InChI is InChI=1S/C13H21ClN2/c1-2-16-10-11(9-15-16)7-8-13(14)12-5-3-4-6-12/h9-10,12-13H,2-8H2,1H3. The number of hydrogen-bond acceptors (Lipinski definition) is 1. The molecule has 1 aromatic heterocycles. The van der Waals surface area contributed by atoms with E-state index in [9.17, 15) is 0 Å². The normalized spacial score (nSPS) is 19.1. The predicted molar refractivity (Wildman–Crippen MR) is 67.8 cm³/mol. The van der Waals surface area contributed by atoms with E-state index in [2.05, 4.69) is 18.2 Å². The Labute approximate surface area is 103 Å². The molecule has 0 N–H and O–H groups in total. The zero-order chi connectivity index (χ0) is 11.4. The molecular formula is C13H21ClN2. The molecule has 1 aliphatic rings. The maximum absolute atomic E-state index is 6.45. The Balaban J connectivity index is 1.77. The molecule has 0 saturated heterocycles. The van der Waals surface area contributed by atoms with Crippen molar-refractivity contribution in [3.05, 3.63) is 18.0 Å². The van der Waals surface area contributed by atoms with Crippen LogP contribution in [0.5, 0.6) is 0 Å². The number of rotatable bonds is 5. The molecule has 0 bridgehead atoms. The molecule has 0 amide bonds. The van der Waals surface area contributed by atoms with Crippen LogP contribution in [-0.2, 0) is 13.0 Å². The predicted octanol–water partition coefficient (Wildman–Crippen LogP) is 3.63. The number of alkyl halides is 1. The van der Waals surface area contributed by atoms with E-state index in [1.165, 1.54) is 31.2 Å².